The van der Waals surface area contributed by atoms with Crippen molar-refractivity contribution < 1.29 is 9.47 Å². The van der Waals surface area contributed by atoms with Crippen molar-refractivity contribution in [2.45, 2.75) is 31.5 Å². The van der Waals surface area contributed by atoms with E-state index in [1.165, 1.54) is 0 Å². The molecule has 0 aliphatic carbocycles. The predicted molar refractivity (Wildman–Crippen MR) is 78.2 cm³/mol. The smallest absolute Gasteiger partial charge is 0.162 e. The lowest BCUT2D eigenvalue weighted by atomic mass is 9.98. The van der Waals surface area contributed by atoms with Gasteiger partial charge in [-0.1, -0.05) is 47.8 Å². The van der Waals surface area contributed by atoms with Crippen LogP contribution < -0.4 is 9.47 Å². The first kappa shape index (κ1) is 14.0. The monoisotopic (exact) mass is 332 g/mol. The number of benzene rings is 1. The molecule has 1 aliphatic heterocycles. The van der Waals surface area contributed by atoms with Crippen LogP contribution in [-0.2, 0) is 0 Å². The van der Waals surface area contributed by atoms with Crippen LogP contribution in [0.25, 0.3) is 0 Å². The third-order valence-electron chi connectivity index (χ3n) is 3.31. The fraction of sp³-hybridized carbons (Fsp3) is 0.571. The molecule has 0 radical (unpaired) electrons. The summed E-state index contributed by atoms with van der Waals surface area (Å²) in [6.45, 7) is 5.77. The minimum Gasteiger partial charge on any atom is -0.490 e. The molecule has 1 aromatic carbocycles. The second-order valence-electron chi connectivity index (χ2n) is 4.66. The first-order valence-electron chi connectivity index (χ1n) is 6.36. The van der Waals surface area contributed by atoms with Crippen molar-refractivity contribution in [2.75, 3.05) is 13.2 Å². The molecular weight excluding hydrogens is 316 g/mol. The molecule has 1 heterocycles. The minimum atomic E-state index is 0.243. The maximum atomic E-state index is 6.34. The summed E-state index contributed by atoms with van der Waals surface area (Å²) < 4.78 is 11.3. The summed E-state index contributed by atoms with van der Waals surface area (Å²) in [5.41, 5.74) is 1.08. The molecular formula is C14H18BrClO2. The van der Waals surface area contributed by atoms with Gasteiger partial charge < -0.3 is 9.47 Å². The van der Waals surface area contributed by atoms with Gasteiger partial charge in [0.05, 0.1) is 13.2 Å². The average molecular weight is 334 g/mol. The number of alkyl halides is 1. The van der Waals surface area contributed by atoms with Crippen LogP contribution in [0.3, 0.4) is 0 Å². The van der Waals surface area contributed by atoms with E-state index in [0.717, 1.165) is 34.9 Å². The number of hydrogen-bond donors (Lipinski definition) is 0. The molecule has 0 N–H and O–H groups in total. The molecule has 100 valence electrons. The molecule has 0 fully saturated rings. The summed E-state index contributed by atoms with van der Waals surface area (Å²) in [5.74, 6) is 2.08. The quantitative estimate of drug-likeness (QED) is 0.726. The van der Waals surface area contributed by atoms with Gasteiger partial charge in [0.2, 0.25) is 0 Å². The average Bonchev–Trinajstić information content (AvgIpc) is 2.60. The molecule has 0 spiro atoms. The summed E-state index contributed by atoms with van der Waals surface area (Å²) in [6.07, 6.45) is 2.01. The summed E-state index contributed by atoms with van der Waals surface area (Å²) in [7, 11) is 0. The van der Waals surface area contributed by atoms with E-state index in [0.29, 0.717) is 19.1 Å². The molecule has 0 saturated carbocycles. The van der Waals surface area contributed by atoms with E-state index < -0.39 is 0 Å². The maximum absolute atomic E-state index is 6.34. The van der Waals surface area contributed by atoms with Crippen LogP contribution in [0.5, 0.6) is 11.5 Å². The molecule has 2 atom stereocenters. The van der Waals surface area contributed by atoms with E-state index in [1.807, 2.05) is 12.1 Å². The van der Waals surface area contributed by atoms with Gasteiger partial charge in [-0.15, -0.1) is 0 Å². The summed E-state index contributed by atoms with van der Waals surface area (Å²) >= 11 is 10.1. The van der Waals surface area contributed by atoms with Crippen LogP contribution in [0, 0.1) is 5.92 Å². The van der Waals surface area contributed by atoms with Crippen molar-refractivity contribution in [3.05, 3.63) is 22.7 Å². The maximum Gasteiger partial charge on any atom is 0.162 e. The highest BCUT2D eigenvalue weighted by Crippen LogP contribution is 2.42. The lowest BCUT2D eigenvalue weighted by Gasteiger charge is -2.20. The first-order chi connectivity index (χ1) is 8.63. The molecule has 0 aromatic heterocycles. The van der Waals surface area contributed by atoms with Gasteiger partial charge in [0.15, 0.2) is 11.5 Å². The normalized spacial score (nSPS) is 18.0. The van der Waals surface area contributed by atoms with Crippen molar-refractivity contribution in [3.8, 4) is 11.5 Å². The van der Waals surface area contributed by atoms with E-state index in [-0.39, 0.29) is 4.83 Å². The van der Waals surface area contributed by atoms with Gasteiger partial charge in [0, 0.05) is 22.3 Å². The van der Waals surface area contributed by atoms with Crippen LogP contribution in [0.4, 0.5) is 0 Å². The van der Waals surface area contributed by atoms with Gasteiger partial charge in [0.25, 0.3) is 0 Å². The summed E-state index contributed by atoms with van der Waals surface area (Å²) in [6, 6.07) is 3.88. The third-order valence-corrected chi connectivity index (χ3v) is 5.03. The summed E-state index contributed by atoms with van der Waals surface area (Å²) in [4.78, 5) is 0.243. The molecule has 2 rings (SSSR count). The lowest BCUT2D eigenvalue weighted by Crippen LogP contribution is -2.04. The molecule has 4 heteroatoms. The SMILES string of the molecule is CCC(C)C(Br)c1cc2c(cc1Cl)OCCCO2. The molecule has 2 unspecified atom stereocenters. The van der Waals surface area contributed by atoms with Gasteiger partial charge in [-0.25, -0.2) is 0 Å². The van der Waals surface area contributed by atoms with E-state index in [1.54, 1.807) is 0 Å². The van der Waals surface area contributed by atoms with Crippen LogP contribution in [0.15, 0.2) is 12.1 Å². The highest BCUT2D eigenvalue weighted by Gasteiger charge is 2.21. The zero-order valence-electron chi connectivity index (χ0n) is 10.7. The Kier molecular flexibility index (Phi) is 4.79. The van der Waals surface area contributed by atoms with E-state index in [2.05, 4.69) is 29.8 Å². The van der Waals surface area contributed by atoms with Crippen LogP contribution in [-0.4, -0.2) is 13.2 Å². The number of hydrogen-bond acceptors (Lipinski definition) is 2. The van der Waals surface area contributed by atoms with Crippen LogP contribution in [0.1, 0.15) is 37.1 Å². The van der Waals surface area contributed by atoms with E-state index in [9.17, 15) is 0 Å². The van der Waals surface area contributed by atoms with Crippen molar-refractivity contribution in [3.63, 3.8) is 0 Å². The second kappa shape index (κ2) is 6.16. The Morgan fingerprint density at radius 2 is 1.89 bits per heavy atom. The standard InChI is InChI=1S/C14H18BrClO2/c1-3-9(2)14(15)10-7-12-13(8-11(10)16)18-6-4-5-17-12/h7-9,14H,3-6H2,1-2H3. The number of halogens is 2. The molecule has 18 heavy (non-hydrogen) atoms. The Hall–Kier alpha value is -0.410. The molecule has 1 aliphatic rings. The van der Waals surface area contributed by atoms with E-state index >= 15 is 0 Å². The molecule has 0 amide bonds. The molecule has 0 saturated heterocycles. The Morgan fingerprint density at radius 1 is 1.28 bits per heavy atom. The van der Waals surface area contributed by atoms with Gasteiger partial charge in [-0.3, -0.25) is 0 Å². The van der Waals surface area contributed by atoms with Crippen molar-refractivity contribution >= 4 is 27.5 Å². The Morgan fingerprint density at radius 3 is 2.50 bits per heavy atom. The number of rotatable bonds is 3. The van der Waals surface area contributed by atoms with Crippen molar-refractivity contribution in [1.82, 2.24) is 0 Å². The summed E-state index contributed by atoms with van der Waals surface area (Å²) in [5, 5.41) is 0.737. The minimum absolute atomic E-state index is 0.243. The van der Waals surface area contributed by atoms with Gasteiger partial charge in [0.1, 0.15) is 0 Å². The highest BCUT2D eigenvalue weighted by atomic mass is 79.9. The fourth-order valence-electron chi connectivity index (χ4n) is 1.92. The fourth-order valence-corrected chi connectivity index (χ4v) is 3.08. The zero-order valence-corrected chi connectivity index (χ0v) is 13.1. The largest absolute Gasteiger partial charge is 0.490 e. The van der Waals surface area contributed by atoms with Crippen molar-refractivity contribution in [2.24, 2.45) is 5.92 Å². The first-order valence-corrected chi connectivity index (χ1v) is 7.66. The van der Waals surface area contributed by atoms with Gasteiger partial charge >= 0.3 is 0 Å². The Bertz CT molecular complexity index is 423. The third kappa shape index (κ3) is 2.94. The van der Waals surface area contributed by atoms with Crippen LogP contribution >= 0.6 is 27.5 Å². The lowest BCUT2D eigenvalue weighted by molar-refractivity contribution is 0.297. The number of fused-ring (bicyclic) bond motifs is 1. The van der Waals surface area contributed by atoms with Gasteiger partial charge in [-0.2, -0.15) is 0 Å². The van der Waals surface area contributed by atoms with E-state index in [4.69, 9.17) is 21.1 Å². The Labute approximate surface area is 122 Å². The van der Waals surface area contributed by atoms with Crippen LogP contribution in [0.2, 0.25) is 5.02 Å². The van der Waals surface area contributed by atoms with Crippen molar-refractivity contribution in [1.29, 1.82) is 0 Å². The number of ether oxygens (including phenoxy) is 2. The van der Waals surface area contributed by atoms with Gasteiger partial charge in [-0.05, 0) is 17.5 Å². The predicted octanol–water partition coefficient (Wildman–Crippen LogP) is 4.98. The second-order valence-corrected chi connectivity index (χ2v) is 6.05. The Balaban J connectivity index is 2.34. The highest BCUT2D eigenvalue weighted by molar-refractivity contribution is 9.09. The molecule has 1 aromatic rings. The molecule has 2 nitrogen and oxygen atoms in total. The topological polar surface area (TPSA) is 18.5 Å². The zero-order chi connectivity index (χ0) is 13.1. The molecule has 0 bridgehead atoms.